The zero-order chi connectivity index (χ0) is 16.7. The Kier molecular flexibility index (Phi) is 3.39. The van der Waals surface area contributed by atoms with Crippen LogP contribution in [0.1, 0.15) is 21.0 Å². The van der Waals surface area contributed by atoms with Crippen molar-refractivity contribution >= 4 is 28.4 Å². The summed E-state index contributed by atoms with van der Waals surface area (Å²) in [4.78, 5) is 34.4. The summed E-state index contributed by atoms with van der Waals surface area (Å²) in [6.45, 7) is 1.83. The monoisotopic (exact) mass is 326 g/mol. The van der Waals surface area contributed by atoms with E-state index in [1.165, 1.54) is 6.33 Å². The molecular formula is C16H14N4O4. The van der Waals surface area contributed by atoms with Crippen LogP contribution in [0.4, 0.5) is 0 Å². The Bertz CT molecular complexity index is 959. The van der Waals surface area contributed by atoms with Gasteiger partial charge in [0.15, 0.2) is 11.4 Å². The lowest BCUT2D eigenvalue weighted by atomic mass is 10.2. The van der Waals surface area contributed by atoms with Crippen LogP contribution in [-0.2, 0) is 4.74 Å². The van der Waals surface area contributed by atoms with Crippen molar-refractivity contribution in [1.29, 1.82) is 0 Å². The molecule has 4 rings (SSSR count). The second-order valence-electron chi connectivity index (χ2n) is 5.47. The normalized spacial score (nSPS) is 15.1. The molecule has 8 heteroatoms. The number of nitrogens with zero attached hydrogens (tertiary/aromatic N) is 4. The molecule has 3 heterocycles. The van der Waals surface area contributed by atoms with Gasteiger partial charge in [0.25, 0.3) is 5.91 Å². The van der Waals surface area contributed by atoms with Gasteiger partial charge in [-0.05, 0) is 12.1 Å². The Balaban J connectivity index is 1.98. The van der Waals surface area contributed by atoms with Gasteiger partial charge in [-0.2, -0.15) is 0 Å². The number of hydrogen-bond acceptors (Lipinski definition) is 5. The summed E-state index contributed by atoms with van der Waals surface area (Å²) < 4.78 is 6.88. The summed E-state index contributed by atoms with van der Waals surface area (Å²) >= 11 is 0. The summed E-state index contributed by atoms with van der Waals surface area (Å²) in [5.74, 6) is -1.50. The van der Waals surface area contributed by atoms with Crippen LogP contribution < -0.4 is 0 Å². The van der Waals surface area contributed by atoms with Gasteiger partial charge in [-0.25, -0.2) is 14.8 Å². The quantitative estimate of drug-likeness (QED) is 0.756. The predicted octanol–water partition coefficient (Wildman–Crippen LogP) is 1.05. The molecule has 8 nitrogen and oxygen atoms in total. The Labute approximate surface area is 136 Å². The van der Waals surface area contributed by atoms with Gasteiger partial charge < -0.3 is 14.7 Å². The molecule has 1 aliphatic rings. The maximum Gasteiger partial charge on any atom is 0.356 e. The molecule has 2 aromatic heterocycles. The lowest BCUT2D eigenvalue weighted by Gasteiger charge is -2.26. The summed E-state index contributed by atoms with van der Waals surface area (Å²) in [6.07, 6.45) is 1.42. The predicted molar refractivity (Wildman–Crippen MR) is 84.2 cm³/mol. The summed E-state index contributed by atoms with van der Waals surface area (Å²) in [5.41, 5.74) is 1.45. The summed E-state index contributed by atoms with van der Waals surface area (Å²) in [6, 6.07) is 7.24. The number of carboxylic acids is 1. The molecule has 1 aromatic carbocycles. The highest BCUT2D eigenvalue weighted by atomic mass is 16.5. The number of hydrogen-bond donors (Lipinski definition) is 1. The molecular weight excluding hydrogens is 312 g/mol. The van der Waals surface area contributed by atoms with Gasteiger partial charge in [-0.15, -0.1) is 0 Å². The third-order valence-electron chi connectivity index (χ3n) is 4.07. The van der Waals surface area contributed by atoms with E-state index in [4.69, 9.17) is 4.74 Å². The largest absolute Gasteiger partial charge is 0.476 e. The van der Waals surface area contributed by atoms with Crippen LogP contribution in [0.15, 0.2) is 30.6 Å². The highest BCUT2D eigenvalue weighted by Gasteiger charge is 2.27. The maximum atomic E-state index is 12.9. The molecule has 0 radical (unpaired) electrons. The molecule has 0 unspecified atom stereocenters. The molecule has 0 spiro atoms. The Morgan fingerprint density at radius 1 is 1.12 bits per heavy atom. The number of carbonyl (C=O) groups is 2. The Hall–Kier alpha value is -3.00. The lowest BCUT2D eigenvalue weighted by molar-refractivity contribution is 0.0300. The molecule has 122 valence electrons. The van der Waals surface area contributed by atoms with E-state index < -0.39 is 5.97 Å². The summed E-state index contributed by atoms with van der Waals surface area (Å²) in [7, 11) is 0. The second kappa shape index (κ2) is 5.57. The maximum absolute atomic E-state index is 12.9. The van der Waals surface area contributed by atoms with Crippen LogP contribution in [0.25, 0.3) is 16.6 Å². The van der Waals surface area contributed by atoms with E-state index in [1.807, 2.05) is 18.2 Å². The molecule has 3 aromatic rings. The molecule has 0 saturated carbocycles. The Morgan fingerprint density at radius 2 is 1.88 bits per heavy atom. The smallest absolute Gasteiger partial charge is 0.356 e. The van der Waals surface area contributed by atoms with Crippen LogP contribution in [0.2, 0.25) is 0 Å². The number of rotatable bonds is 2. The molecule has 0 bridgehead atoms. The minimum atomic E-state index is -1.19. The standard InChI is InChI=1S/C16H14N4O4/c21-15(19-5-7-24-8-6-19)12-14-13(16(22)23)17-9-20(14)11-4-2-1-3-10(11)18-12/h1-4,9H,5-8H2,(H,22,23). The van der Waals surface area contributed by atoms with Crippen LogP contribution >= 0.6 is 0 Å². The van der Waals surface area contributed by atoms with Crippen LogP contribution in [0.3, 0.4) is 0 Å². The number of fused-ring (bicyclic) bond motifs is 3. The zero-order valence-electron chi connectivity index (χ0n) is 12.7. The van der Waals surface area contributed by atoms with E-state index in [2.05, 4.69) is 9.97 Å². The second-order valence-corrected chi connectivity index (χ2v) is 5.47. The van der Waals surface area contributed by atoms with E-state index in [0.29, 0.717) is 37.3 Å². The third kappa shape index (κ3) is 2.19. The molecule has 24 heavy (non-hydrogen) atoms. The van der Waals surface area contributed by atoms with Gasteiger partial charge in [0.2, 0.25) is 0 Å². The van der Waals surface area contributed by atoms with E-state index in [-0.39, 0.29) is 22.8 Å². The number of para-hydroxylation sites is 2. The van der Waals surface area contributed by atoms with Crippen LogP contribution in [0, 0.1) is 0 Å². The lowest BCUT2D eigenvalue weighted by Crippen LogP contribution is -2.41. The minimum Gasteiger partial charge on any atom is -0.476 e. The first-order chi connectivity index (χ1) is 11.7. The average molecular weight is 326 g/mol. The van der Waals surface area contributed by atoms with Gasteiger partial charge >= 0.3 is 5.97 Å². The number of imidazole rings is 1. The van der Waals surface area contributed by atoms with Crippen molar-refractivity contribution in [2.75, 3.05) is 26.3 Å². The SMILES string of the molecule is O=C(O)c1ncn2c1c(C(=O)N1CCOCC1)nc1ccccc12. The van der Waals surface area contributed by atoms with E-state index in [0.717, 1.165) is 0 Å². The van der Waals surface area contributed by atoms with Gasteiger partial charge in [-0.3, -0.25) is 9.20 Å². The minimum absolute atomic E-state index is 0.102. The first-order valence-corrected chi connectivity index (χ1v) is 7.53. The molecule has 1 saturated heterocycles. The van der Waals surface area contributed by atoms with Crippen molar-refractivity contribution in [1.82, 2.24) is 19.3 Å². The van der Waals surface area contributed by atoms with Gasteiger partial charge in [0.05, 0.1) is 24.2 Å². The highest BCUT2D eigenvalue weighted by Crippen LogP contribution is 2.22. The van der Waals surface area contributed by atoms with Crippen molar-refractivity contribution in [3.8, 4) is 0 Å². The molecule has 1 fully saturated rings. The first-order valence-electron chi connectivity index (χ1n) is 7.53. The number of benzene rings is 1. The molecule has 1 amide bonds. The van der Waals surface area contributed by atoms with Crippen molar-refractivity contribution in [2.45, 2.75) is 0 Å². The van der Waals surface area contributed by atoms with Crippen molar-refractivity contribution in [3.63, 3.8) is 0 Å². The van der Waals surface area contributed by atoms with Crippen molar-refractivity contribution < 1.29 is 19.4 Å². The van der Waals surface area contributed by atoms with Crippen LogP contribution in [-0.4, -0.2) is 62.6 Å². The van der Waals surface area contributed by atoms with Gasteiger partial charge in [0, 0.05) is 13.1 Å². The fourth-order valence-corrected chi connectivity index (χ4v) is 2.91. The van der Waals surface area contributed by atoms with Crippen molar-refractivity contribution in [2.24, 2.45) is 0 Å². The van der Waals surface area contributed by atoms with Crippen molar-refractivity contribution in [3.05, 3.63) is 42.0 Å². The number of amides is 1. The average Bonchev–Trinajstić information content (AvgIpc) is 3.07. The topological polar surface area (TPSA) is 97.0 Å². The third-order valence-corrected chi connectivity index (χ3v) is 4.07. The number of morpholine rings is 1. The van der Waals surface area contributed by atoms with Crippen LogP contribution in [0.5, 0.6) is 0 Å². The molecule has 1 N–H and O–H groups in total. The van der Waals surface area contributed by atoms with Gasteiger partial charge in [0.1, 0.15) is 11.8 Å². The fraction of sp³-hybridized carbons (Fsp3) is 0.250. The number of aromatic nitrogens is 3. The first kappa shape index (κ1) is 14.6. The number of carbonyl (C=O) groups excluding carboxylic acids is 1. The zero-order valence-corrected chi connectivity index (χ0v) is 12.7. The van der Waals surface area contributed by atoms with E-state index >= 15 is 0 Å². The molecule has 0 atom stereocenters. The number of aromatic carboxylic acids is 1. The highest BCUT2D eigenvalue weighted by molar-refractivity contribution is 6.07. The molecule has 0 aliphatic carbocycles. The number of ether oxygens (including phenoxy) is 1. The molecule has 1 aliphatic heterocycles. The fourth-order valence-electron chi connectivity index (χ4n) is 2.91. The van der Waals surface area contributed by atoms with E-state index in [1.54, 1.807) is 15.4 Å². The summed E-state index contributed by atoms with van der Waals surface area (Å²) in [5, 5.41) is 9.41. The van der Waals surface area contributed by atoms with Gasteiger partial charge in [-0.1, -0.05) is 12.1 Å². The number of carboxylic acid groups (broad SMARTS) is 1. The Morgan fingerprint density at radius 3 is 2.62 bits per heavy atom. The van der Waals surface area contributed by atoms with E-state index in [9.17, 15) is 14.7 Å².